The van der Waals surface area contributed by atoms with E-state index in [1.54, 1.807) is 0 Å². The van der Waals surface area contributed by atoms with Gasteiger partial charge in [0.05, 0.1) is 0 Å². The van der Waals surface area contributed by atoms with E-state index < -0.39 is 15.8 Å². The van der Waals surface area contributed by atoms with Gasteiger partial charge in [-0.25, -0.2) is 10.0 Å². The molecule has 32 heavy (non-hydrogen) atoms. The van der Waals surface area contributed by atoms with Gasteiger partial charge in [-0.1, -0.05) is 121 Å². The van der Waals surface area contributed by atoms with Crippen LogP contribution >= 0.6 is 15.8 Å². The Balaban J connectivity index is 1.67. The number of rotatable bonds is 9. The van der Waals surface area contributed by atoms with Crippen LogP contribution in [0.15, 0.2) is 121 Å². The first-order valence-electron chi connectivity index (χ1n) is 10.9. The standard InChI is InChI=1S/C28H30N2P2/c1-29(2)30(23-31(25-15-7-3-8-16-25)26-17-9-4-10-18-26)24-32(27-19-11-5-12-20-27)28-21-13-6-14-22-28/h3-22H,23-24H2,1-2H3. The first-order chi connectivity index (χ1) is 15.7. The highest BCUT2D eigenvalue weighted by Gasteiger charge is 2.23. The van der Waals surface area contributed by atoms with Crippen LogP contribution in [0.1, 0.15) is 0 Å². The van der Waals surface area contributed by atoms with Crippen LogP contribution in [0, 0.1) is 0 Å². The molecule has 0 atom stereocenters. The van der Waals surface area contributed by atoms with Crippen molar-refractivity contribution in [2.45, 2.75) is 0 Å². The molecule has 0 radical (unpaired) electrons. The highest BCUT2D eigenvalue weighted by molar-refractivity contribution is 7.73. The summed E-state index contributed by atoms with van der Waals surface area (Å²) >= 11 is 0. The maximum Gasteiger partial charge on any atom is 0.0419 e. The van der Waals surface area contributed by atoms with Crippen molar-refractivity contribution in [1.82, 2.24) is 10.0 Å². The second kappa shape index (κ2) is 11.5. The molecule has 0 saturated heterocycles. The third-order valence-electron chi connectivity index (χ3n) is 5.45. The van der Waals surface area contributed by atoms with E-state index in [0.717, 1.165) is 12.6 Å². The van der Waals surface area contributed by atoms with E-state index in [0.29, 0.717) is 0 Å². The van der Waals surface area contributed by atoms with Crippen LogP contribution in [0.5, 0.6) is 0 Å². The van der Waals surface area contributed by atoms with Gasteiger partial charge in [0, 0.05) is 26.7 Å². The fraction of sp³-hybridized carbons (Fsp3) is 0.143. The van der Waals surface area contributed by atoms with Crippen LogP contribution in [0.3, 0.4) is 0 Å². The van der Waals surface area contributed by atoms with Crippen molar-refractivity contribution in [3.05, 3.63) is 121 Å². The minimum atomic E-state index is -0.496. The van der Waals surface area contributed by atoms with E-state index in [4.69, 9.17) is 0 Å². The summed E-state index contributed by atoms with van der Waals surface area (Å²) in [5.74, 6) is 0. The van der Waals surface area contributed by atoms with Gasteiger partial charge >= 0.3 is 0 Å². The van der Waals surface area contributed by atoms with Gasteiger partial charge in [0.15, 0.2) is 0 Å². The normalized spacial score (nSPS) is 11.6. The number of hydrogen-bond acceptors (Lipinski definition) is 2. The lowest BCUT2D eigenvalue weighted by molar-refractivity contribution is 0.0708. The third kappa shape index (κ3) is 5.91. The monoisotopic (exact) mass is 456 g/mol. The van der Waals surface area contributed by atoms with Crippen molar-refractivity contribution >= 4 is 37.1 Å². The van der Waals surface area contributed by atoms with E-state index in [1.807, 2.05) is 0 Å². The molecular formula is C28H30N2P2. The highest BCUT2D eigenvalue weighted by atomic mass is 31.1. The Hall–Kier alpha value is -2.34. The third-order valence-corrected chi connectivity index (χ3v) is 10.4. The highest BCUT2D eigenvalue weighted by Crippen LogP contribution is 2.39. The molecule has 0 heterocycles. The molecule has 2 nitrogen and oxygen atoms in total. The zero-order chi connectivity index (χ0) is 22.2. The molecule has 0 unspecified atom stereocenters. The predicted molar refractivity (Wildman–Crippen MR) is 143 cm³/mol. The second-order valence-electron chi connectivity index (χ2n) is 7.83. The van der Waals surface area contributed by atoms with E-state index in [9.17, 15) is 0 Å². The van der Waals surface area contributed by atoms with Crippen LogP contribution in [-0.4, -0.2) is 36.7 Å². The lowest BCUT2D eigenvalue weighted by Crippen LogP contribution is -2.41. The van der Waals surface area contributed by atoms with Crippen molar-refractivity contribution in [2.75, 3.05) is 26.7 Å². The predicted octanol–water partition coefficient (Wildman–Crippen LogP) is 4.95. The van der Waals surface area contributed by atoms with Crippen LogP contribution in [-0.2, 0) is 0 Å². The molecule has 0 N–H and O–H groups in total. The number of hydrazine groups is 1. The lowest BCUT2D eigenvalue weighted by Gasteiger charge is -2.36. The fourth-order valence-electron chi connectivity index (χ4n) is 3.68. The molecule has 4 rings (SSSR count). The van der Waals surface area contributed by atoms with Gasteiger partial charge in [0.25, 0.3) is 0 Å². The molecule has 4 heteroatoms. The van der Waals surface area contributed by atoms with Gasteiger partial charge < -0.3 is 0 Å². The molecule has 0 amide bonds. The Morgan fingerprint density at radius 2 is 0.688 bits per heavy atom. The summed E-state index contributed by atoms with van der Waals surface area (Å²) in [4.78, 5) is 0. The van der Waals surface area contributed by atoms with Crippen LogP contribution in [0.4, 0.5) is 0 Å². The maximum absolute atomic E-state index is 2.54. The van der Waals surface area contributed by atoms with Gasteiger partial charge in [-0.15, -0.1) is 0 Å². The van der Waals surface area contributed by atoms with E-state index in [1.165, 1.54) is 21.2 Å². The van der Waals surface area contributed by atoms with Crippen LogP contribution < -0.4 is 21.2 Å². The summed E-state index contributed by atoms with van der Waals surface area (Å²) in [5, 5.41) is 10.5. The minimum Gasteiger partial charge on any atom is -0.247 e. The molecule has 0 aliphatic carbocycles. The van der Waals surface area contributed by atoms with Crippen LogP contribution in [0.2, 0.25) is 0 Å². The van der Waals surface area contributed by atoms with Crippen LogP contribution in [0.25, 0.3) is 0 Å². The van der Waals surface area contributed by atoms with Crippen molar-refractivity contribution < 1.29 is 0 Å². The Bertz CT molecular complexity index is 894. The van der Waals surface area contributed by atoms with Gasteiger partial charge in [-0.3, -0.25) is 0 Å². The van der Waals surface area contributed by atoms with Crippen molar-refractivity contribution in [3.8, 4) is 0 Å². The lowest BCUT2D eigenvalue weighted by atomic mass is 10.4. The van der Waals surface area contributed by atoms with Gasteiger partial charge in [0.2, 0.25) is 0 Å². The first-order valence-corrected chi connectivity index (χ1v) is 14.0. The van der Waals surface area contributed by atoms with Crippen molar-refractivity contribution in [1.29, 1.82) is 0 Å². The summed E-state index contributed by atoms with van der Waals surface area (Å²) in [6.45, 7) is 0. The molecule has 0 spiro atoms. The maximum atomic E-state index is 2.54. The topological polar surface area (TPSA) is 6.48 Å². The number of benzene rings is 4. The summed E-state index contributed by atoms with van der Waals surface area (Å²) in [7, 11) is 3.35. The number of nitrogens with zero attached hydrogens (tertiary/aromatic N) is 2. The smallest absolute Gasteiger partial charge is 0.0419 e. The number of hydrogen-bond donors (Lipinski definition) is 0. The summed E-state index contributed by atoms with van der Waals surface area (Å²) in [5.41, 5.74) is 0. The van der Waals surface area contributed by atoms with E-state index in [2.05, 4.69) is 145 Å². The average molecular weight is 457 g/mol. The quantitative estimate of drug-likeness (QED) is 0.260. The SMILES string of the molecule is CN(C)N(CP(c1ccccc1)c1ccccc1)CP(c1ccccc1)c1ccccc1. The van der Waals surface area contributed by atoms with Crippen molar-refractivity contribution in [2.24, 2.45) is 0 Å². The second-order valence-corrected chi connectivity index (χ2v) is 12.2. The van der Waals surface area contributed by atoms with E-state index in [-0.39, 0.29) is 0 Å². The Labute approximate surface area is 195 Å². The Morgan fingerprint density at radius 3 is 0.906 bits per heavy atom. The summed E-state index contributed by atoms with van der Waals surface area (Å²) in [6.07, 6.45) is 1.99. The van der Waals surface area contributed by atoms with Gasteiger partial charge in [-0.05, 0) is 37.1 Å². The molecule has 0 saturated carbocycles. The Morgan fingerprint density at radius 1 is 0.438 bits per heavy atom. The summed E-state index contributed by atoms with van der Waals surface area (Å²) < 4.78 is 0. The minimum absolute atomic E-state index is 0.496. The average Bonchev–Trinajstić information content (AvgIpc) is 2.86. The largest absolute Gasteiger partial charge is 0.247 e. The Kier molecular flexibility index (Phi) is 8.21. The van der Waals surface area contributed by atoms with E-state index >= 15 is 0 Å². The molecule has 0 fully saturated rings. The van der Waals surface area contributed by atoms with Crippen molar-refractivity contribution in [3.63, 3.8) is 0 Å². The molecule has 0 bridgehead atoms. The molecule has 162 valence electrons. The molecular weight excluding hydrogens is 426 g/mol. The first kappa shape index (κ1) is 22.8. The zero-order valence-electron chi connectivity index (χ0n) is 18.8. The molecule has 0 aliphatic rings. The molecule has 4 aromatic carbocycles. The fourth-order valence-corrected chi connectivity index (χ4v) is 8.57. The molecule has 0 aliphatic heterocycles. The zero-order valence-corrected chi connectivity index (χ0v) is 20.5. The molecule has 0 aromatic heterocycles. The van der Waals surface area contributed by atoms with Gasteiger partial charge in [-0.2, -0.15) is 0 Å². The van der Waals surface area contributed by atoms with Gasteiger partial charge in [0.1, 0.15) is 0 Å². The summed E-state index contributed by atoms with van der Waals surface area (Å²) in [6, 6.07) is 44.0. The molecule has 4 aromatic rings.